The third-order valence-corrected chi connectivity index (χ3v) is 4.43. The average molecular weight is 348 g/mol. The van der Waals surface area contributed by atoms with Crippen LogP contribution in [0.25, 0.3) is 0 Å². The zero-order valence-electron chi connectivity index (χ0n) is 15.9. The van der Waals surface area contributed by atoms with Crippen molar-refractivity contribution in [3.63, 3.8) is 0 Å². The molecule has 2 amide bonds. The Labute approximate surface area is 149 Å². The zero-order valence-corrected chi connectivity index (χ0v) is 15.9. The predicted molar refractivity (Wildman–Crippen MR) is 95.7 cm³/mol. The minimum Gasteiger partial charge on any atom is -0.493 e. The second-order valence-corrected chi connectivity index (χ2v) is 7.43. The summed E-state index contributed by atoms with van der Waals surface area (Å²) in [5.41, 5.74) is 1.69. The highest BCUT2D eigenvalue weighted by Gasteiger charge is 2.29. The minimum absolute atomic E-state index is 0.0713. The van der Waals surface area contributed by atoms with E-state index in [1.54, 1.807) is 26.0 Å². The number of nitrogens with one attached hydrogen (secondary N) is 1. The van der Waals surface area contributed by atoms with Crippen LogP contribution in [0.15, 0.2) is 12.1 Å². The summed E-state index contributed by atoms with van der Waals surface area (Å²) in [4.78, 5) is 26.6. The SMILES string of the molecule is COc1cc2c(cc1OC)CN(C(=O)C(C)NC(=O)C(C)(C)C)CC2. The second kappa shape index (κ2) is 7.33. The Morgan fingerprint density at radius 1 is 1.12 bits per heavy atom. The van der Waals surface area contributed by atoms with Crippen molar-refractivity contribution < 1.29 is 19.1 Å². The van der Waals surface area contributed by atoms with Gasteiger partial charge in [-0.15, -0.1) is 0 Å². The molecule has 0 saturated carbocycles. The lowest BCUT2D eigenvalue weighted by Gasteiger charge is -2.32. The summed E-state index contributed by atoms with van der Waals surface area (Å²) in [6, 6.07) is 3.35. The Balaban J connectivity index is 2.11. The van der Waals surface area contributed by atoms with E-state index in [0.717, 1.165) is 17.5 Å². The Morgan fingerprint density at radius 2 is 1.68 bits per heavy atom. The minimum atomic E-state index is -0.548. The maximum atomic E-state index is 12.7. The van der Waals surface area contributed by atoms with E-state index >= 15 is 0 Å². The molecule has 1 unspecified atom stereocenters. The Hall–Kier alpha value is -2.24. The number of carbonyl (C=O) groups excluding carboxylic acids is 2. The molecule has 1 aromatic carbocycles. The number of methoxy groups -OCH3 is 2. The molecular weight excluding hydrogens is 320 g/mol. The van der Waals surface area contributed by atoms with Crippen molar-refractivity contribution in [3.8, 4) is 11.5 Å². The first-order chi connectivity index (χ1) is 11.7. The third kappa shape index (κ3) is 4.24. The van der Waals surface area contributed by atoms with Crippen LogP contribution < -0.4 is 14.8 Å². The van der Waals surface area contributed by atoms with Crippen LogP contribution in [-0.4, -0.2) is 43.5 Å². The summed E-state index contributed by atoms with van der Waals surface area (Å²) in [7, 11) is 3.21. The van der Waals surface area contributed by atoms with Crippen LogP contribution in [0.1, 0.15) is 38.8 Å². The molecule has 138 valence electrons. The van der Waals surface area contributed by atoms with E-state index in [1.807, 2.05) is 32.9 Å². The molecule has 6 nitrogen and oxygen atoms in total. The summed E-state index contributed by atoms with van der Waals surface area (Å²) in [6.45, 7) is 8.35. The molecule has 0 saturated heterocycles. The molecule has 1 aliphatic rings. The van der Waals surface area contributed by atoms with Gasteiger partial charge < -0.3 is 19.7 Å². The van der Waals surface area contributed by atoms with Gasteiger partial charge in [-0.05, 0) is 36.6 Å². The standard InChI is InChI=1S/C19H28N2O4/c1-12(20-18(23)19(2,3)4)17(22)21-8-7-13-9-15(24-5)16(25-6)10-14(13)11-21/h9-10,12H,7-8,11H2,1-6H3,(H,20,23). The molecule has 6 heteroatoms. The Kier molecular flexibility index (Phi) is 5.60. The first-order valence-corrected chi connectivity index (χ1v) is 8.51. The molecule has 0 spiro atoms. The quantitative estimate of drug-likeness (QED) is 0.905. The van der Waals surface area contributed by atoms with Crippen LogP contribution in [0.5, 0.6) is 11.5 Å². The van der Waals surface area contributed by atoms with E-state index in [1.165, 1.54) is 0 Å². The fourth-order valence-corrected chi connectivity index (χ4v) is 2.82. The van der Waals surface area contributed by atoms with E-state index in [2.05, 4.69) is 5.32 Å². The molecule has 0 aliphatic carbocycles. The van der Waals surface area contributed by atoms with Gasteiger partial charge in [0, 0.05) is 18.5 Å². The number of nitrogens with zero attached hydrogens (tertiary/aromatic N) is 1. The largest absolute Gasteiger partial charge is 0.493 e. The van der Waals surface area contributed by atoms with Crippen molar-refractivity contribution in [3.05, 3.63) is 23.3 Å². The number of hydrogen-bond donors (Lipinski definition) is 1. The van der Waals surface area contributed by atoms with E-state index in [0.29, 0.717) is 24.6 Å². The summed E-state index contributed by atoms with van der Waals surface area (Å²) in [6.07, 6.45) is 0.751. The van der Waals surface area contributed by atoms with Crippen LogP contribution in [0.4, 0.5) is 0 Å². The Morgan fingerprint density at radius 3 is 2.20 bits per heavy atom. The van der Waals surface area contributed by atoms with Crippen LogP contribution in [0.2, 0.25) is 0 Å². The van der Waals surface area contributed by atoms with Crippen molar-refractivity contribution in [1.29, 1.82) is 0 Å². The fourth-order valence-electron chi connectivity index (χ4n) is 2.82. The molecule has 0 aromatic heterocycles. The molecule has 2 rings (SSSR count). The number of amides is 2. The second-order valence-electron chi connectivity index (χ2n) is 7.43. The van der Waals surface area contributed by atoms with E-state index in [-0.39, 0.29) is 11.8 Å². The number of carbonyl (C=O) groups is 2. The first kappa shape index (κ1) is 19.1. The maximum absolute atomic E-state index is 12.7. The third-order valence-electron chi connectivity index (χ3n) is 4.43. The van der Waals surface area contributed by atoms with Gasteiger partial charge in [-0.25, -0.2) is 0 Å². The van der Waals surface area contributed by atoms with Crippen LogP contribution in [0.3, 0.4) is 0 Å². The van der Waals surface area contributed by atoms with Crippen molar-refractivity contribution >= 4 is 11.8 Å². The molecular formula is C19H28N2O4. The highest BCUT2D eigenvalue weighted by molar-refractivity contribution is 5.89. The molecule has 1 aliphatic heterocycles. The van der Waals surface area contributed by atoms with E-state index in [9.17, 15) is 9.59 Å². The summed E-state index contributed by atoms with van der Waals surface area (Å²) < 4.78 is 10.7. The highest BCUT2D eigenvalue weighted by atomic mass is 16.5. The predicted octanol–water partition coefficient (Wildman–Crippen LogP) is 2.14. The first-order valence-electron chi connectivity index (χ1n) is 8.51. The van der Waals surface area contributed by atoms with E-state index < -0.39 is 11.5 Å². The van der Waals surface area contributed by atoms with Gasteiger partial charge >= 0.3 is 0 Å². The van der Waals surface area contributed by atoms with Gasteiger partial charge in [-0.3, -0.25) is 9.59 Å². The normalized spacial score (nSPS) is 15.2. The number of ether oxygens (including phenoxy) is 2. The van der Waals surface area contributed by atoms with Gasteiger partial charge in [0.2, 0.25) is 11.8 Å². The Bertz CT molecular complexity index is 664. The lowest BCUT2D eigenvalue weighted by molar-refractivity contribution is -0.138. The lowest BCUT2D eigenvalue weighted by atomic mass is 9.95. The van der Waals surface area contributed by atoms with Gasteiger partial charge in [0.25, 0.3) is 0 Å². The van der Waals surface area contributed by atoms with E-state index in [4.69, 9.17) is 9.47 Å². The number of benzene rings is 1. The number of fused-ring (bicyclic) bond motifs is 1. The summed E-state index contributed by atoms with van der Waals surface area (Å²) in [5, 5.41) is 2.81. The van der Waals surface area contributed by atoms with Gasteiger partial charge in [0.05, 0.1) is 14.2 Å². The van der Waals surface area contributed by atoms with Crippen molar-refractivity contribution in [2.24, 2.45) is 5.41 Å². The maximum Gasteiger partial charge on any atom is 0.245 e. The van der Waals surface area contributed by atoms with Crippen LogP contribution in [0, 0.1) is 5.41 Å². The zero-order chi connectivity index (χ0) is 18.8. The molecule has 25 heavy (non-hydrogen) atoms. The molecule has 1 heterocycles. The van der Waals surface area contributed by atoms with Crippen molar-refractivity contribution in [2.45, 2.75) is 46.7 Å². The van der Waals surface area contributed by atoms with Crippen molar-refractivity contribution in [1.82, 2.24) is 10.2 Å². The van der Waals surface area contributed by atoms with Crippen LogP contribution >= 0.6 is 0 Å². The molecule has 0 bridgehead atoms. The van der Waals surface area contributed by atoms with Crippen LogP contribution in [-0.2, 0) is 22.6 Å². The van der Waals surface area contributed by atoms with Gasteiger partial charge in [0.1, 0.15) is 6.04 Å². The fraction of sp³-hybridized carbons (Fsp3) is 0.579. The van der Waals surface area contributed by atoms with Gasteiger partial charge in [-0.1, -0.05) is 20.8 Å². The monoisotopic (exact) mass is 348 g/mol. The highest BCUT2D eigenvalue weighted by Crippen LogP contribution is 2.33. The number of rotatable bonds is 4. The molecule has 1 aromatic rings. The number of hydrogen-bond acceptors (Lipinski definition) is 4. The molecule has 0 fully saturated rings. The summed E-state index contributed by atoms with van der Waals surface area (Å²) in [5.74, 6) is 1.16. The van der Waals surface area contributed by atoms with Crippen molar-refractivity contribution in [2.75, 3.05) is 20.8 Å². The van der Waals surface area contributed by atoms with Gasteiger partial charge in [-0.2, -0.15) is 0 Å². The molecule has 0 radical (unpaired) electrons. The van der Waals surface area contributed by atoms with Gasteiger partial charge in [0.15, 0.2) is 11.5 Å². The topological polar surface area (TPSA) is 67.9 Å². The smallest absolute Gasteiger partial charge is 0.245 e. The lowest BCUT2D eigenvalue weighted by Crippen LogP contribution is -2.50. The summed E-state index contributed by atoms with van der Waals surface area (Å²) >= 11 is 0. The molecule has 1 N–H and O–H groups in total. The average Bonchev–Trinajstić information content (AvgIpc) is 2.58. The molecule has 1 atom stereocenters.